The Morgan fingerprint density at radius 1 is 1.11 bits per heavy atom. The number of hydrogen-bond donors (Lipinski definition) is 2. The predicted octanol–water partition coefficient (Wildman–Crippen LogP) is 6.77. The summed E-state index contributed by atoms with van der Waals surface area (Å²) in [5, 5.41) is 9.38. The van der Waals surface area contributed by atoms with Gasteiger partial charge in [-0.25, -0.2) is 9.78 Å². The average molecular weight is 503 g/mol. The molecule has 2 amide bonds. The summed E-state index contributed by atoms with van der Waals surface area (Å²) in [6.07, 6.45) is 7.04. The number of amides is 2. The van der Waals surface area contributed by atoms with Crippen molar-refractivity contribution in [3.05, 3.63) is 69.7 Å². The van der Waals surface area contributed by atoms with Gasteiger partial charge >= 0.3 is 6.03 Å². The number of carbonyl (C=O) groups excluding carboxylic acids is 1. The van der Waals surface area contributed by atoms with E-state index >= 15 is 0 Å². The zero-order valence-corrected chi connectivity index (χ0v) is 21.8. The molecule has 2 fully saturated rings. The first-order valence-corrected chi connectivity index (χ1v) is 14.1. The van der Waals surface area contributed by atoms with Gasteiger partial charge in [0.15, 0.2) is 0 Å². The minimum Gasteiger partial charge on any atom is -0.494 e. The Hall–Kier alpha value is -3.06. The van der Waals surface area contributed by atoms with Crippen LogP contribution in [0, 0.1) is 6.92 Å². The van der Waals surface area contributed by atoms with Gasteiger partial charge in [0.1, 0.15) is 5.75 Å². The molecule has 2 aliphatic carbocycles. The average Bonchev–Trinajstić information content (AvgIpc) is 3.37. The largest absolute Gasteiger partial charge is 0.494 e. The van der Waals surface area contributed by atoms with E-state index in [0.29, 0.717) is 18.7 Å². The Bertz CT molecular complexity index is 1230. The van der Waals surface area contributed by atoms with Crippen LogP contribution in [-0.2, 0) is 0 Å². The van der Waals surface area contributed by atoms with Crippen molar-refractivity contribution in [2.75, 3.05) is 16.8 Å². The molecule has 6 rings (SSSR count). The lowest BCUT2D eigenvalue weighted by Crippen LogP contribution is -2.42. The molecule has 3 aromatic rings. The van der Waals surface area contributed by atoms with Gasteiger partial charge < -0.3 is 20.3 Å². The van der Waals surface area contributed by atoms with Crippen molar-refractivity contribution >= 4 is 28.7 Å². The van der Waals surface area contributed by atoms with Gasteiger partial charge in [-0.15, -0.1) is 11.3 Å². The van der Waals surface area contributed by atoms with Crippen LogP contribution >= 0.6 is 11.3 Å². The Kier molecular flexibility index (Phi) is 6.34. The second kappa shape index (κ2) is 9.77. The van der Waals surface area contributed by atoms with Crippen molar-refractivity contribution in [3.63, 3.8) is 0 Å². The molecule has 0 saturated heterocycles. The summed E-state index contributed by atoms with van der Waals surface area (Å²) in [5.41, 5.74) is 5.80. The zero-order chi connectivity index (χ0) is 24.6. The van der Waals surface area contributed by atoms with Gasteiger partial charge in [-0.05, 0) is 81.7 Å². The second-order valence-corrected chi connectivity index (χ2v) is 11.3. The fourth-order valence-corrected chi connectivity index (χ4v) is 6.35. The first kappa shape index (κ1) is 23.3. The topological polar surface area (TPSA) is 66.5 Å². The van der Waals surface area contributed by atoms with Crippen molar-refractivity contribution < 1.29 is 9.53 Å². The Morgan fingerprint density at radius 2 is 1.89 bits per heavy atom. The number of nitrogens with one attached hydrogen (secondary N) is 2. The van der Waals surface area contributed by atoms with Crippen LogP contribution in [0.5, 0.6) is 5.75 Å². The molecule has 2 atom stereocenters. The number of benzene rings is 2. The maximum atomic E-state index is 12.4. The molecule has 1 aliphatic heterocycles. The van der Waals surface area contributed by atoms with E-state index in [2.05, 4.69) is 58.2 Å². The highest BCUT2D eigenvalue weighted by molar-refractivity contribution is 7.09. The van der Waals surface area contributed by atoms with E-state index in [9.17, 15) is 4.79 Å². The summed E-state index contributed by atoms with van der Waals surface area (Å²) in [6.45, 7) is 4.77. The van der Waals surface area contributed by atoms with Gasteiger partial charge in [-0.2, -0.15) is 0 Å². The van der Waals surface area contributed by atoms with Crippen molar-refractivity contribution in [2.45, 2.75) is 76.4 Å². The standard InChI is InChI=1S/C29H34N4O2S/c1-3-35-23-14-15-24-26(16-23)33(22-8-5-9-22)28(27(24)25-17-36-18(2)30-25)19-10-12-21(13-11-19)32-29(34)31-20-6-4-7-20/h10-17,20,22,27-28H,3-9H2,1-2H3,(H2,31,32,34). The van der Waals surface area contributed by atoms with Crippen LogP contribution < -0.4 is 20.3 Å². The van der Waals surface area contributed by atoms with Gasteiger partial charge in [0.05, 0.1) is 29.3 Å². The Morgan fingerprint density at radius 3 is 2.50 bits per heavy atom. The van der Waals surface area contributed by atoms with E-state index in [4.69, 9.17) is 9.72 Å². The minimum absolute atomic E-state index is 0.115. The molecule has 2 unspecified atom stereocenters. The van der Waals surface area contributed by atoms with Crippen molar-refractivity contribution in [3.8, 4) is 5.75 Å². The minimum atomic E-state index is -0.115. The summed E-state index contributed by atoms with van der Waals surface area (Å²) < 4.78 is 5.90. The van der Waals surface area contributed by atoms with Crippen molar-refractivity contribution in [1.29, 1.82) is 0 Å². The highest BCUT2D eigenvalue weighted by atomic mass is 32.1. The number of rotatable bonds is 7. The fraction of sp³-hybridized carbons (Fsp3) is 0.448. The van der Waals surface area contributed by atoms with Crippen molar-refractivity contribution in [2.24, 2.45) is 0 Å². The highest BCUT2D eigenvalue weighted by Crippen LogP contribution is 2.55. The molecule has 36 heavy (non-hydrogen) atoms. The third-order valence-corrected chi connectivity index (χ3v) is 8.71. The third kappa shape index (κ3) is 4.34. The number of aromatic nitrogens is 1. The van der Waals surface area contributed by atoms with E-state index in [0.717, 1.165) is 35.0 Å². The smallest absolute Gasteiger partial charge is 0.319 e. The third-order valence-electron chi connectivity index (χ3n) is 7.92. The lowest BCUT2D eigenvalue weighted by Gasteiger charge is -2.42. The monoisotopic (exact) mass is 502 g/mol. The summed E-state index contributed by atoms with van der Waals surface area (Å²) in [5.74, 6) is 1.08. The van der Waals surface area contributed by atoms with Crippen molar-refractivity contribution in [1.82, 2.24) is 10.3 Å². The molecule has 2 heterocycles. The van der Waals surface area contributed by atoms with Crippen LogP contribution in [0.3, 0.4) is 0 Å². The molecule has 2 saturated carbocycles. The SMILES string of the molecule is CCOc1ccc2c(c1)N(C1CCC1)C(c1ccc(NC(=O)NC3CCC3)cc1)C2c1csc(C)n1. The van der Waals surface area contributed by atoms with Crippen LogP contribution in [0.1, 0.15) is 79.2 Å². The molecular weight excluding hydrogens is 468 g/mol. The van der Waals surface area contributed by atoms with Gasteiger partial charge in [0, 0.05) is 34.9 Å². The fourth-order valence-electron chi connectivity index (χ4n) is 5.70. The maximum Gasteiger partial charge on any atom is 0.319 e. The summed E-state index contributed by atoms with van der Waals surface area (Å²) in [4.78, 5) is 20.0. The summed E-state index contributed by atoms with van der Waals surface area (Å²) in [7, 11) is 0. The van der Waals surface area contributed by atoms with Crippen LogP contribution in [-0.4, -0.2) is 29.7 Å². The summed E-state index contributed by atoms with van der Waals surface area (Å²) in [6, 6.07) is 15.9. The number of fused-ring (bicyclic) bond motifs is 1. The molecule has 188 valence electrons. The van der Waals surface area contributed by atoms with E-state index in [-0.39, 0.29) is 18.0 Å². The first-order chi connectivity index (χ1) is 17.6. The molecule has 2 aromatic carbocycles. The van der Waals surface area contributed by atoms with Gasteiger partial charge in [0.25, 0.3) is 0 Å². The quantitative estimate of drug-likeness (QED) is 0.374. The molecular formula is C29H34N4O2S. The number of anilines is 2. The predicted molar refractivity (Wildman–Crippen MR) is 145 cm³/mol. The van der Waals surface area contributed by atoms with Gasteiger partial charge in [-0.1, -0.05) is 18.2 Å². The number of carbonyl (C=O) groups is 1. The lowest BCUT2D eigenvalue weighted by atomic mass is 9.85. The highest BCUT2D eigenvalue weighted by Gasteiger charge is 2.45. The van der Waals surface area contributed by atoms with E-state index in [1.165, 1.54) is 42.5 Å². The van der Waals surface area contributed by atoms with Crippen LogP contribution in [0.15, 0.2) is 47.8 Å². The summed E-state index contributed by atoms with van der Waals surface area (Å²) >= 11 is 1.72. The lowest BCUT2D eigenvalue weighted by molar-refractivity contribution is 0.240. The first-order valence-electron chi connectivity index (χ1n) is 13.3. The van der Waals surface area contributed by atoms with Crippen LogP contribution in [0.4, 0.5) is 16.2 Å². The number of nitrogens with zero attached hydrogens (tertiary/aromatic N) is 2. The second-order valence-electron chi connectivity index (χ2n) is 10.2. The number of aryl methyl sites for hydroxylation is 1. The molecule has 6 nitrogen and oxygen atoms in total. The molecule has 2 N–H and O–H groups in total. The molecule has 0 bridgehead atoms. The van der Waals surface area contributed by atoms with Gasteiger partial charge in [0.2, 0.25) is 0 Å². The normalized spacial score (nSPS) is 21.4. The number of urea groups is 1. The zero-order valence-electron chi connectivity index (χ0n) is 21.0. The molecule has 7 heteroatoms. The number of thiazole rings is 1. The van der Waals surface area contributed by atoms with E-state index < -0.39 is 0 Å². The Balaban J connectivity index is 1.35. The van der Waals surface area contributed by atoms with E-state index in [1.807, 2.05) is 19.1 Å². The van der Waals surface area contributed by atoms with Gasteiger partial charge in [-0.3, -0.25) is 0 Å². The molecule has 0 radical (unpaired) electrons. The molecule has 1 aromatic heterocycles. The Labute approximate surface area is 217 Å². The maximum absolute atomic E-state index is 12.4. The number of ether oxygens (including phenoxy) is 1. The van der Waals surface area contributed by atoms with E-state index in [1.54, 1.807) is 11.3 Å². The molecule has 3 aliphatic rings. The van der Waals surface area contributed by atoms with Crippen LogP contribution in [0.2, 0.25) is 0 Å². The molecule has 0 spiro atoms. The van der Waals surface area contributed by atoms with Crippen LogP contribution in [0.25, 0.3) is 0 Å². The number of hydrogen-bond acceptors (Lipinski definition) is 5.